The Balaban J connectivity index is 2.16. The van der Waals surface area contributed by atoms with Crippen molar-refractivity contribution in [3.05, 3.63) is 18.2 Å². The van der Waals surface area contributed by atoms with Crippen molar-refractivity contribution in [1.29, 1.82) is 0 Å². The molecule has 1 rings (SSSR count). The van der Waals surface area contributed by atoms with E-state index in [-0.39, 0.29) is 5.91 Å². The van der Waals surface area contributed by atoms with Crippen LogP contribution < -0.4 is 11.1 Å². The third-order valence-electron chi connectivity index (χ3n) is 2.47. The van der Waals surface area contributed by atoms with Crippen LogP contribution in [0, 0.1) is 0 Å². The van der Waals surface area contributed by atoms with Gasteiger partial charge in [-0.1, -0.05) is 0 Å². The lowest BCUT2D eigenvalue weighted by Gasteiger charge is -2.09. The molecule has 0 aliphatic carbocycles. The lowest BCUT2D eigenvalue weighted by molar-refractivity contribution is 0.0896. The molecule has 0 aliphatic heterocycles. The van der Waals surface area contributed by atoms with Crippen molar-refractivity contribution in [2.24, 2.45) is 5.73 Å². The third kappa shape index (κ3) is 6.32. The van der Waals surface area contributed by atoms with Crippen LogP contribution in [-0.4, -0.2) is 67.3 Å². The van der Waals surface area contributed by atoms with Crippen LogP contribution >= 0.6 is 0 Å². The van der Waals surface area contributed by atoms with E-state index in [0.717, 1.165) is 6.54 Å². The number of carbonyl (C=O) groups is 1. The van der Waals surface area contributed by atoms with E-state index in [1.54, 1.807) is 17.1 Å². The first-order valence-electron chi connectivity index (χ1n) is 6.36. The Morgan fingerprint density at radius 3 is 3.00 bits per heavy atom. The summed E-state index contributed by atoms with van der Waals surface area (Å²) in [6, 6.07) is 0. The lowest BCUT2D eigenvalue weighted by Crippen LogP contribution is -2.28. The molecule has 0 unspecified atom stereocenters. The summed E-state index contributed by atoms with van der Waals surface area (Å²) >= 11 is 0. The zero-order chi connectivity index (χ0) is 14.1. The van der Waals surface area contributed by atoms with Gasteiger partial charge in [0.05, 0.1) is 19.5 Å². The number of amides is 1. The van der Waals surface area contributed by atoms with Crippen molar-refractivity contribution in [2.45, 2.75) is 6.54 Å². The van der Waals surface area contributed by atoms with Gasteiger partial charge in [0.2, 0.25) is 0 Å². The van der Waals surface area contributed by atoms with Gasteiger partial charge in [-0.25, -0.2) is 4.98 Å². The molecule has 1 aromatic heterocycles. The summed E-state index contributed by atoms with van der Waals surface area (Å²) in [5.74, 6) is -0.188. The van der Waals surface area contributed by atoms with Crippen molar-refractivity contribution < 1.29 is 9.53 Å². The molecule has 0 fully saturated rings. The minimum Gasteiger partial charge on any atom is -0.378 e. The third-order valence-corrected chi connectivity index (χ3v) is 2.47. The molecule has 0 aromatic carbocycles. The second-order valence-electron chi connectivity index (χ2n) is 4.46. The molecular weight excluding hydrogens is 246 g/mol. The minimum absolute atomic E-state index is 0.188. The number of imidazole rings is 1. The standard InChI is InChI=1S/C12H23N5O2/c1-16(2)6-8-19-7-4-14-12(18)11-9-17(5-3-13)10-15-11/h9-10H,3-8,13H2,1-2H3,(H,14,18). The van der Waals surface area contributed by atoms with Gasteiger partial charge in [-0.2, -0.15) is 0 Å². The summed E-state index contributed by atoms with van der Waals surface area (Å²) in [5, 5.41) is 2.76. The predicted octanol–water partition coefficient (Wildman–Crippen LogP) is -0.850. The highest BCUT2D eigenvalue weighted by Gasteiger charge is 2.08. The lowest BCUT2D eigenvalue weighted by atomic mass is 10.4. The smallest absolute Gasteiger partial charge is 0.271 e. The zero-order valence-electron chi connectivity index (χ0n) is 11.6. The van der Waals surface area contributed by atoms with E-state index >= 15 is 0 Å². The number of aromatic nitrogens is 2. The number of nitrogens with zero attached hydrogens (tertiary/aromatic N) is 3. The topological polar surface area (TPSA) is 85.4 Å². The van der Waals surface area contributed by atoms with Crippen molar-refractivity contribution in [3.8, 4) is 0 Å². The van der Waals surface area contributed by atoms with Crippen LogP contribution in [0.25, 0.3) is 0 Å². The molecule has 0 bridgehead atoms. The van der Waals surface area contributed by atoms with Crippen LogP contribution in [0.3, 0.4) is 0 Å². The van der Waals surface area contributed by atoms with Gasteiger partial charge in [0, 0.05) is 32.4 Å². The predicted molar refractivity (Wildman–Crippen MR) is 73.0 cm³/mol. The SMILES string of the molecule is CN(C)CCOCCNC(=O)c1cn(CCN)cn1. The first-order chi connectivity index (χ1) is 9.13. The van der Waals surface area contributed by atoms with Crippen molar-refractivity contribution in [3.63, 3.8) is 0 Å². The normalized spacial score (nSPS) is 10.9. The van der Waals surface area contributed by atoms with Crippen LogP contribution in [0.2, 0.25) is 0 Å². The fourth-order valence-corrected chi connectivity index (χ4v) is 1.43. The Morgan fingerprint density at radius 2 is 2.32 bits per heavy atom. The molecule has 19 heavy (non-hydrogen) atoms. The highest BCUT2D eigenvalue weighted by Crippen LogP contribution is 1.95. The highest BCUT2D eigenvalue weighted by molar-refractivity contribution is 5.91. The number of ether oxygens (including phenoxy) is 1. The maximum atomic E-state index is 11.7. The zero-order valence-corrected chi connectivity index (χ0v) is 11.6. The van der Waals surface area contributed by atoms with Crippen molar-refractivity contribution >= 4 is 5.91 Å². The van der Waals surface area contributed by atoms with Crippen molar-refractivity contribution in [2.75, 3.05) is 46.9 Å². The number of nitrogens with one attached hydrogen (secondary N) is 1. The van der Waals surface area contributed by atoms with E-state index in [1.807, 2.05) is 19.0 Å². The highest BCUT2D eigenvalue weighted by atomic mass is 16.5. The second-order valence-corrected chi connectivity index (χ2v) is 4.46. The average molecular weight is 269 g/mol. The van der Waals surface area contributed by atoms with E-state index in [9.17, 15) is 4.79 Å². The molecule has 0 radical (unpaired) electrons. The Kier molecular flexibility index (Phi) is 7.09. The molecule has 0 spiro atoms. The van der Waals surface area contributed by atoms with Gasteiger partial charge in [-0.3, -0.25) is 4.79 Å². The molecule has 0 saturated carbocycles. The second kappa shape index (κ2) is 8.63. The molecule has 3 N–H and O–H groups in total. The van der Waals surface area contributed by atoms with Crippen LogP contribution in [-0.2, 0) is 11.3 Å². The Morgan fingerprint density at radius 1 is 1.53 bits per heavy atom. The molecule has 1 heterocycles. The van der Waals surface area contributed by atoms with E-state index in [2.05, 4.69) is 10.3 Å². The van der Waals surface area contributed by atoms with Crippen LogP contribution in [0.5, 0.6) is 0 Å². The number of nitrogens with two attached hydrogens (primary N) is 1. The average Bonchev–Trinajstić information content (AvgIpc) is 2.82. The first-order valence-corrected chi connectivity index (χ1v) is 6.36. The van der Waals surface area contributed by atoms with E-state index in [1.165, 1.54) is 0 Å². The maximum Gasteiger partial charge on any atom is 0.271 e. The van der Waals surface area contributed by atoms with Crippen LogP contribution in [0.1, 0.15) is 10.5 Å². The summed E-state index contributed by atoms with van der Waals surface area (Å²) in [7, 11) is 3.98. The largest absolute Gasteiger partial charge is 0.378 e. The number of carbonyl (C=O) groups excluding carboxylic acids is 1. The van der Waals surface area contributed by atoms with Gasteiger partial charge in [0.25, 0.3) is 5.91 Å². The summed E-state index contributed by atoms with van der Waals surface area (Å²) in [6.07, 6.45) is 3.30. The molecule has 0 saturated heterocycles. The molecule has 1 amide bonds. The monoisotopic (exact) mass is 269 g/mol. The van der Waals surface area contributed by atoms with E-state index in [4.69, 9.17) is 10.5 Å². The van der Waals surface area contributed by atoms with Crippen LogP contribution in [0.15, 0.2) is 12.5 Å². The summed E-state index contributed by atoms with van der Waals surface area (Å²) < 4.78 is 7.17. The van der Waals surface area contributed by atoms with Gasteiger partial charge in [-0.15, -0.1) is 0 Å². The molecule has 1 aromatic rings. The van der Waals surface area contributed by atoms with Gasteiger partial charge >= 0.3 is 0 Å². The summed E-state index contributed by atoms with van der Waals surface area (Å²) in [6.45, 7) is 3.70. The fraction of sp³-hybridized carbons (Fsp3) is 0.667. The van der Waals surface area contributed by atoms with Gasteiger partial charge in [0.15, 0.2) is 0 Å². The number of rotatable bonds is 9. The first kappa shape index (κ1) is 15.6. The summed E-state index contributed by atoms with van der Waals surface area (Å²) in [4.78, 5) is 17.8. The molecule has 0 aliphatic rings. The van der Waals surface area contributed by atoms with Crippen molar-refractivity contribution in [1.82, 2.24) is 19.8 Å². The Hall–Kier alpha value is -1.44. The maximum absolute atomic E-state index is 11.7. The molecule has 0 atom stereocenters. The van der Waals surface area contributed by atoms with E-state index < -0.39 is 0 Å². The van der Waals surface area contributed by atoms with Gasteiger partial charge in [-0.05, 0) is 14.1 Å². The molecule has 7 nitrogen and oxygen atoms in total. The number of hydrogen-bond acceptors (Lipinski definition) is 5. The Bertz CT molecular complexity index is 378. The molecule has 7 heteroatoms. The van der Waals surface area contributed by atoms with E-state index in [0.29, 0.717) is 38.5 Å². The number of likely N-dealkylation sites (N-methyl/N-ethyl adjacent to an activating group) is 1. The fourth-order valence-electron chi connectivity index (χ4n) is 1.43. The molecular formula is C12H23N5O2. The quantitative estimate of drug-likeness (QED) is 0.570. The minimum atomic E-state index is -0.188. The summed E-state index contributed by atoms with van der Waals surface area (Å²) in [5.41, 5.74) is 5.83. The Labute approximate surface area is 113 Å². The van der Waals surface area contributed by atoms with Gasteiger partial charge < -0.3 is 25.3 Å². The number of hydrogen-bond donors (Lipinski definition) is 2. The molecule has 108 valence electrons. The van der Waals surface area contributed by atoms with Crippen LogP contribution in [0.4, 0.5) is 0 Å². The van der Waals surface area contributed by atoms with Gasteiger partial charge in [0.1, 0.15) is 5.69 Å².